The van der Waals surface area contributed by atoms with E-state index in [0.29, 0.717) is 13.2 Å². The molecule has 0 bridgehead atoms. The fourth-order valence-electron chi connectivity index (χ4n) is 4.56. The highest BCUT2D eigenvalue weighted by Crippen LogP contribution is 2.36. The minimum atomic E-state index is -0.237. The van der Waals surface area contributed by atoms with E-state index in [-0.39, 0.29) is 5.82 Å². The smallest absolute Gasteiger partial charge is 0.169 e. The first-order valence-electron chi connectivity index (χ1n) is 13.6. The fraction of sp³-hybridized carbons (Fsp3) is 0.500. The van der Waals surface area contributed by atoms with Gasteiger partial charge in [0.05, 0.1) is 12.2 Å². The van der Waals surface area contributed by atoms with E-state index >= 15 is 0 Å². The maximum Gasteiger partial charge on any atom is 0.169 e. The molecule has 0 N–H and O–H groups in total. The standard InChI is InChI=1S/C30H39FN2O2S/c1-2-3-4-5-6-7-8-9-10-11-18-33-23-27(36-30(33)32-26-15-13-25(31)14-16-26)21-24-12-17-28-29(22-24)35-20-19-34-28/h12-17,21-22H,2-11,18-20,23H2,1H3/b27-21-,32-30?. The summed E-state index contributed by atoms with van der Waals surface area (Å²) in [5, 5.41) is 0.987. The predicted molar refractivity (Wildman–Crippen MR) is 150 cm³/mol. The molecule has 6 heteroatoms. The van der Waals surface area contributed by atoms with Crippen molar-refractivity contribution >= 4 is 28.7 Å². The molecule has 2 aromatic rings. The number of hydrogen-bond donors (Lipinski definition) is 0. The average molecular weight is 511 g/mol. The number of hydrogen-bond acceptors (Lipinski definition) is 4. The van der Waals surface area contributed by atoms with Crippen LogP contribution < -0.4 is 9.47 Å². The van der Waals surface area contributed by atoms with Crippen molar-refractivity contribution in [3.8, 4) is 11.5 Å². The number of unbranched alkanes of at least 4 members (excludes halogenated alkanes) is 9. The highest BCUT2D eigenvalue weighted by Gasteiger charge is 2.24. The third-order valence-electron chi connectivity index (χ3n) is 6.57. The van der Waals surface area contributed by atoms with E-state index in [4.69, 9.17) is 14.5 Å². The molecule has 0 saturated carbocycles. The number of ether oxygens (including phenoxy) is 2. The zero-order chi connectivity index (χ0) is 25.0. The Morgan fingerprint density at radius 2 is 1.53 bits per heavy atom. The van der Waals surface area contributed by atoms with Crippen LogP contribution in [0.4, 0.5) is 10.1 Å². The Hall–Kier alpha value is -2.47. The first-order chi connectivity index (χ1) is 17.7. The van der Waals surface area contributed by atoms with Gasteiger partial charge in [-0.2, -0.15) is 0 Å². The zero-order valence-electron chi connectivity index (χ0n) is 21.5. The topological polar surface area (TPSA) is 34.1 Å². The molecule has 4 nitrogen and oxygen atoms in total. The molecule has 2 heterocycles. The zero-order valence-corrected chi connectivity index (χ0v) is 22.3. The van der Waals surface area contributed by atoms with Crippen LogP contribution >= 0.6 is 11.8 Å². The predicted octanol–water partition coefficient (Wildman–Crippen LogP) is 8.60. The number of rotatable bonds is 13. The quantitative estimate of drug-likeness (QED) is 0.253. The van der Waals surface area contributed by atoms with Gasteiger partial charge in [-0.05, 0) is 54.5 Å². The van der Waals surface area contributed by atoms with Crippen LogP contribution in [0.1, 0.15) is 76.7 Å². The van der Waals surface area contributed by atoms with E-state index in [1.807, 2.05) is 12.1 Å². The molecule has 0 aliphatic carbocycles. The summed E-state index contributed by atoms with van der Waals surface area (Å²) in [6.07, 6.45) is 15.5. The Labute approximate surface area is 220 Å². The number of halogens is 1. The molecule has 194 valence electrons. The van der Waals surface area contributed by atoms with Gasteiger partial charge in [0.1, 0.15) is 19.0 Å². The third kappa shape index (κ3) is 8.29. The summed E-state index contributed by atoms with van der Waals surface area (Å²) in [5.74, 6) is 1.38. The molecular formula is C30H39FN2O2S. The van der Waals surface area contributed by atoms with Crippen LogP contribution in [0.2, 0.25) is 0 Å². The monoisotopic (exact) mass is 510 g/mol. The summed E-state index contributed by atoms with van der Waals surface area (Å²) in [6, 6.07) is 12.5. The van der Waals surface area contributed by atoms with Crippen molar-refractivity contribution in [1.29, 1.82) is 0 Å². The first kappa shape index (κ1) is 26.6. The molecule has 0 atom stereocenters. The number of benzene rings is 2. The molecule has 1 fully saturated rings. The first-order valence-corrected chi connectivity index (χ1v) is 14.4. The van der Waals surface area contributed by atoms with Gasteiger partial charge in [0.2, 0.25) is 0 Å². The Morgan fingerprint density at radius 3 is 2.25 bits per heavy atom. The highest BCUT2D eigenvalue weighted by atomic mass is 32.2. The number of nitrogens with zero attached hydrogens (tertiary/aromatic N) is 2. The van der Waals surface area contributed by atoms with Crippen molar-refractivity contribution < 1.29 is 13.9 Å². The van der Waals surface area contributed by atoms with Crippen LogP contribution in [-0.4, -0.2) is 36.4 Å². The van der Waals surface area contributed by atoms with Crippen molar-refractivity contribution in [2.45, 2.75) is 71.1 Å². The van der Waals surface area contributed by atoms with Crippen LogP contribution in [0.3, 0.4) is 0 Å². The van der Waals surface area contributed by atoms with E-state index < -0.39 is 0 Å². The highest BCUT2D eigenvalue weighted by molar-refractivity contribution is 8.17. The third-order valence-corrected chi connectivity index (χ3v) is 7.61. The van der Waals surface area contributed by atoms with Crippen molar-refractivity contribution in [2.24, 2.45) is 4.99 Å². The van der Waals surface area contributed by atoms with Gasteiger partial charge in [0.25, 0.3) is 0 Å². The van der Waals surface area contributed by atoms with Gasteiger partial charge in [-0.15, -0.1) is 0 Å². The minimum absolute atomic E-state index is 0.237. The molecule has 2 aliphatic heterocycles. The lowest BCUT2D eigenvalue weighted by Crippen LogP contribution is -2.25. The van der Waals surface area contributed by atoms with Gasteiger partial charge in [0, 0.05) is 11.4 Å². The molecule has 0 aromatic heterocycles. The molecule has 0 unspecified atom stereocenters. The summed E-state index contributed by atoms with van der Waals surface area (Å²) in [4.78, 5) is 8.47. The van der Waals surface area contributed by atoms with Crippen LogP contribution in [0.15, 0.2) is 52.4 Å². The van der Waals surface area contributed by atoms with E-state index in [0.717, 1.165) is 47.4 Å². The molecular weight excluding hydrogens is 471 g/mol. The van der Waals surface area contributed by atoms with E-state index in [1.54, 1.807) is 23.9 Å². The Bertz CT molecular complexity index is 1020. The summed E-state index contributed by atoms with van der Waals surface area (Å²) in [7, 11) is 0. The van der Waals surface area contributed by atoms with E-state index in [9.17, 15) is 4.39 Å². The largest absolute Gasteiger partial charge is 0.486 e. The summed E-state index contributed by atoms with van der Waals surface area (Å²) in [6.45, 7) is 5.29. The van der Waals surface area contributed by atoms with Crippen LogP contribution in [-0.2, 0) is 0 Å². The van der Waals surface area contributed by atoms with Gasteiger partial charge >= 0.3 is 0 Å². The van der Waals surface area contributed by atoms with Crippen molar-refractivity contribution in [3.05, 3.63) is 58.8 Å². The maximum absolute atomic E-state index is 13.4. The van der Waals surface area contributed by atoms with Crippen LogP contribution in [0.5, 0.6) is 11.5 Å². The lowest BCUT2D eigenvalue weighted by molar-refractivity contribution is 0.171. The molecule has 0 spiro atoms. The molecule has 0 amide bonds. The van der Waals surface area contributed by atoms with E-state index in [1.165, 1.54) is 74.8 Å². The SMILES string of the molecule is CCCCCCCCCCCCN1C/C(=C/c2ccc3c(c2)OCCO3)SC1=Nc1ccc(F)cc1. The average Bonchev–Trinajstić information content (AvgIpc) is 3.27. The molecule has 2 aliphatic rings. The minimum Gasteiger partial charge on any atom is -0.486 e. The summed E-state index contributed by atoms with van der Waals surface area (Å²) in [5.41, 5.74) is 1.89. The second kappa shape index (κ2) is 14.3. The molecule has 4 rings (SSSR count). The van der Waals surface area contributed by atoms with Gasteiger partial charge < -0.3 is 14.4 Å². The van der Waals surface area contributed by atoms with Crippen molar-refractivity contribution in [2.75, 3.05) is 26.3 Å². The lowest BCUT2D eigenvalue weighted by Gasteiger charge is -2.18. The Morgan fingerprint density at radius 1 is 0.861 bits per heavy atom. The maximum atomic E-state index is 13.4. The number of fused-ring (bicyclic) bond motifs is 1. The number of thioether (sulfide) groups is 1. The molecule has 1 saturated heterocycles. The second-order valence-electron chi connectivity index (χ2n) is 9.59. The summed E-state index contributed by atoms with van der Waals surface area (Å²) < 4.78 is 24.8. The van der Waals surface area contributed by atoms with Gasteiger partial charge in [-0.25, -0.2) is 9.38 Å². The fourth-order valence-corrected chi connectivity index (χ4v) is 5.65. The summed E-state index contributed by atoms with van der Waals surface area (Å²) >= 11 is 1.70. The molecule has 0 radical (unpaired) electrons. The Kier molecular flexibility index (Phi) is 10.6. The number of amidine groups is 1. The Balaban J connectivity index is 1.33. The van der Waals surface area contributed by atoms with Crippen LogP contribution in [0, 0.1) is 5.82 Å². The van der Waals surface area contributed by atoms with Crippen molar-refractivity contribution in [1.82, 2.24) is 4.90 Å². The van der Waals surface area contributed by atoms with Gasteiger partial charge in [-0.3, -0.25) is 0 Å². The number of aliphatic imine (C=N–C) groups is 1. The normalized spacial score (nSPS) is 17.3. The molecule has 36 heavy (non-hydrogen) atoms. The molecule has 2 aromatic carbocycles. The van der Waals surface area contributed by atoms with E-state index in [2.05, 4.69) is 24.0 Å². The second-order valence-corrected chi connectivity index (χ2v) is 10.7. The van der Waals surface area contributed by atoms with Gasteiger partial charge in [0.15, 0.2) is 16.7 Å². The van der Waals surface area contributed by atoms with Gasteiger partial charge in [-0.1, -0.05) is 82.5 Å². The lowest BCUT2D eigenvalue weighted by atomic mass is 10.1. The van der Waals surface area contributed by atoms with Crippen molar-refractivity contribution in [3.63, 3.8) is 0 Å². The van der Waals surface area contributed by atoms with Crippen LogP contribution in [0.25, 0.3) is 6.08 Å².